The highest BCUT2D eigenvalue weighted by Crippen LogP contribution is 2.28. The molecule has 0 heterocycles. The van der Waals surface area contributed by atoms with Gasteiger partial charge in [0.05, 0.1) is 7.11 Å². The number of nitrogens with one attached hydrogen (secondary N) is 1. The molecule has 5 heteroatoms. The van der Waals surface area contributed by atoms with E-state index in [4.69, 9.17) is 15.2 Å². The van der Waals surface area contributed by atoms with E-state index in [-0.39, 0.29) is 18.6 Å². The zero-order chi connectivity index (χ0) is 14.5. The van der Waals surface area contributed by atoms with Crippen LogP contribution in [0.3, 0.4) is 0 Å². The molecule has 0 saturated heterocycles. The Hall–Kier alpha value is -1.75. The molecule has 0 spiro atoms. The summed E-state index contributed by atoms with van der Waals surface area (Å²) in [7, 11) is 1.58. The van der Waals surface area contributed by atoms with Gasteiger partial charge in [-0.3, -0.25) is 4.79 Å². The lowest BCUT2D eigenvalue weighted by Gasteiger charge is -2.13. The second kappa shape index (κ2) is 6.61. The van der Waals surface area contributed by atoms with Crippen LogP contribution < -0.4 is 20.5 Å². The fourth-order valence-electron chi connectivity index (χ4n) is 1.97. The predicted molar refractivity (Wildman–Crippen MR) is 77.0 cm³/mol. The maximum Gasteiger partial charge on any atom is 0.258 e. The van der Waals surface area contributed by atoms with Crippen molar-refractivity contribution in [2.75, 3.05) is 13.7 Å². The Balaban J connectivity index is 1.97. The molecular weight excluding hydrogens is 256 g/mol. The van der Waals surface area contributed by atoms with E-state index >= 15 is 0 Å². The molecule has 0 aliphatic heterocycles. The highest BCUT2D eigenvalue weighted by Gasteiger charge is 2.23. The molecule has 1 saturated carbocycles. The number of nitrogens with two attached hydrogens (primary N) is 1. The first-order chi connectivity index (χ1) is 9.58. The van der Waals surface area contributed by atoms with Gasteiger partial charge >= 0.3 is 0 Å². The van der Waals surface area contributed by atoms with E-state index in [1.54, 1.807) is 7.11 Å². The molecule has 5 nitrogen and oxygen atoms in total. The molecule has 1 fully saturated rings. The third kappa shape index (κ3) is 4.42. The first kappa shape index (κ1) is 14.7. The van der Waals surface area contributed by atoms with Crippen LogP contribution >= 0.6 is 0 Å². The molecule has 1 aromatic carbocycles. The molecule has 1 atom stereocenters. The van der Waals surface area contributed by atoms with Crippen LogP contribution in [-0.2, 0) is 11.2 Å². The summed E-state index contributed by atoms with van der Waals surface area (Å²) in [6.45, 7) is 1.96. The van der Waals surface area contributed by atoms with Crippen molar-refractivity contribution in [3.63, 3.8) is 0 Å². The van der Waals surface area contributed by atoms with Crippen LogP contribution in [-0.4, -0.2) is 31.7 Å². The van der Waals surface area contributed by atoms with Crippen molar-refractivity contribution in [1.29, 1.82) is 0 Å². The Morgan fingerprint density at radius 3 is 2.80 bits per heavy atom. The molecule has 20 heavy (non-hydrogen) atoms. The Labute approximate surface area is 119 Å². The number of carbonyl (C=O) groups excluding carboxylic acids is 1. The quantitative estimate of drug-likeness (QED) is 0.787. The Bertz CT molecular complexity index is 470. The Morgan fingerprint density at radius 2 is 2.20 bits per heavy atom. The molecule has 1 unspecified atom stereocenters. The van der Waals surface area contributed by atoms with Crippen molar-refractivity contribution in [2.24, 2.45) is 5.73 Å². The third-order valence-electron chi connectivity index (χ3n) is 3.09. The van der Waals surface area contributed by atoms with Crippen LogP contribution in [0.15, 0.2) is 18.2 Å². The minimum atomic E-state index is -0.0906. The van der Waals surface area contributed by atoms with Gasteiger partial charge in [0.2, 0.25) is 0 Å². The molecule has 2 rings (SSSR count). The van der Waals surface area contributed by atoms with Crippen molar-refractivity contribution >= 4 is 5.91 Å². The molecule has 0 radical (unpaired) electrons. The Morgan fingerprint density at radius 1 is 1.45 bits per heavy atom. The van der Waals surface area contributed by atoms with Gasteiger partial charge in [-0.1, -0.05) is 6.07 Å². The van der Waals surface area contributed by atoms with Gasteiger partial charge in [0.25, 0.3) is 5.91 Å². The van der Waals surface area contributed by atoms with Crippen molar-refractivity contribution in [1.82, 2.24) is 5.32 Å². The van der Waals surface area contributed by atoms with E-state index < -0.39 is 0 Å². The lowest BCUT2D eigenvalue weighted by molar-refractivity contribution is -0.123. The van der Waals surface area contributed by atoms with E-state index in [9.17, 15) is 4.79 Å². The van der Waals surface area contributed by atoms with Crippen molar-refractivity contribution in [2.45, 2.75) is 38.3 Å². The van der Waals surface area contributed by atoms with Crippen molar-refractivity contribution in [3.05, 3.63) is 23.8 Å². The van der Waals surface area contributed by atoms with E-state index in [2.05, 4.69) is 5.32 Å². The predicted octanol–water partition coefficient (Wildman–Crippen LogP) is 1.24. The molecule has 1 amide bonds. The fraction of sp³-hybridized carbons (Fsp3) is 0.533. The number of rotatable bonds is 7. The van der Waals surface area contributed by atoms with E-state index in [1.165, 1.54) is 0 Å². The lowest BCUT2D eigenvalue weighted by Crippen LogP contribution is -2.30. The van der Waals surface area contributed by atoms with Crippen LogP contribution in [0.1, 0.15) is 25.3 Å². The minimum Gasteiger partial charge on any atom is -0.493 e. The molecular formula is C15H22N2O3. The Kier molecular flexibility index (Phi) is 4.84. The van der Waals surface area contributed by atoms with Crippen LogP contribution in [0, 0.1) is 0 Å². The molecule has 0 aromatic heterocycles. The second-order valence-corrected chi connectivity index (χ2v) is 5.30. The topological polar surface area (TPSA) is 73.6 Å². The highest BCUT2D eigenvalue weighted by molar-refractivity contribution is 5.78. The normalized spacial score (nSPS) is 15.6. The van der Waals surface area contributed by atoms with Crippen LogP contribution in [0.4, 0.5) is 0 Å². The maximum absolute atomic E-state index is 11.6. The van der Waals surface area contributed by atoms with Gasteiger partial charge in [-0.05, 0) is 43.9 Å². The summed E-state index contributed by atoms with van der Waals surface area (Å²) >= 11 is 0. The van der Waals surface area contributed by atoms with Crippen LogP contribution in [0.25, 0.3) is 0 Å². The summed E-state index contributed by atoms with van der Waals surface area (Å²) in [6.07, 6.45) is 2.90. The first-order valence-corrected chi connectivity index (χ1v) is 6.93. The van der Waals surface area contributed by atoms with Crippen molar-refractivity contribution in [3.8, 4) is 11.5 Å². The minimum absolute atomic E-state index is 0.00842. The average molecular weight is 278 g/mol. The van der Waals surface area contributed by atoms with E-state index in [0.29, 0.717) is 17.5 Å². The number of carbonyl (C=O) groups is 1. The average Bonchev–Trinajstić information content (AvgIpc) is 3.20. The fourth-order valence-corrected chi connectivity index (χ4v) is 1.97. The molecule has 1 aliphatic rings. The van der Waals surface area contributed by atoms with Gasteiger partial charge in [-0.15, -0.1) is 0 Å². The van der Waals surface area contributed by atoms with Gasteiger partial charge in [0.1, 0.15) is 0 Å². The number of amides is 1. The summed E-state index contributed by atoms with van der Waals surface area (Å²) in [5, 5.41) is 2.88. The zero-order valence-electron chi connectivity index (χ0n) is 12.0. The van der Waals surface area contributed by atoms with Crippen molar-refractivity contribution < 1.29 is 14.3 Å². The summed E-state index contributed by atoms with van der Waals surface area (Å²) in [6, 6.07) is 6.10. The van der Waals surface area contributed by atoms with Gasteiger partial charge in [0.15, 0.2) is 18.1 Å². The van der Waals surface area contributed by atoms with Gasteiger partial charge in [-0.25, -0.2) is 0 Å². The number of hydrogen-bond acceptors (Lipinski definition) is 4. The second-order valence-electron chi connectivity index (χ2n) is 5.30. The lowest BCUT2D eigenvalue weighted by atomic mass is 10.1. The number of benzene rings is 1. The monoisotopic (exact) mass is 278 g/mol. The molecule has 1 aromatic rings. The van der Waals surface area contributed by atoms with Gasteiger partial charge in [-0.2, -0.15) is 0 Å². The smallest absolute Gasteiger partial charge is 0.258 e. The number of ether oxygens (including phenoxy) is 2. The standard InChI is InChI=1S/C15H22N2O3/c1-10(16)7-11-3-6-13(19-2)14(8-11)20-9-15(18)17-12-4-5-12/h3,6,8,10,12H,4-5,7,9,16H2,1-2H3,(H,17,18). The van der Waals surface area contributed by atoms with E-state index in [0.717, 1.165) is 24.8 Å². The SMILES string of the molecule is COc1ccc(CC(C)N)cc1OCC(=O)NC1CC1. The van der Waals surface area contributed by atoms with Gasteiger partial charge in [0, 0.05) is 12.1 Å². The molecule has 1 aliphatic carbocycles. The highest BCUT2D eigenvalue weighted by atomic mass is 16.5. The third-order valence-corrected chi connectivity index (χ3v) is 3.09. The van der Waals surface area contributed by atoms with Gasteiger partial charge < -0.3 is 20.5 Å². The number of methoxy groups -OCH3 is 1. The maximum atomic E-state index is 11.6. The van der Waals surface area contributed by atoms with Crippen LogP contribution in [0.5, 0.6) is 11.5 Å². The van der Waals surface area contributed by atoms with E-state index in [1.807, 2.05) is 25.1 Å². The zero-order valence-corrected chi connectivity index (χ0v) is 12.0. The molecule has 3 N–H and O–H groups in total. The summed E-state index contributed by atoms with van der Waals surface area (Å²) in [5.74, 6) is 1.11. The summed E-state index contributed by atoms with van der Waals surface area (Å²) in [5.41, 5.74) is 6.86. The first-order valence-electron chi connectivity index (χ1n) is 6.93. The summed E-state index contributed by atoms with van der Waals surface area (Å²) in [4.78, 5) is 11.6. The molecule has 110 valence electrons. The molecule has 0 bridgehead atoms. The van der Waals surface area contributed by atoms with Crippen LogP contribution in [0.2, 0.25) is 0 Å². The largest absolute Gasteiger partial charge is 0.493 e. The summed E-state index contributed by atoms with van der Waals surface area (Å²) < 4.78 is 10.8. The number of hydrogen-bond donors (Lipinski definition) is 2.